The van der Waals surface area contributed by atoms with E-state index in [1.165, 1.54) is 0 Å². The number of benzene rings is 1. The third-order valence-corrected chi connectivity index (χ3v) is 2.64. The Morgan fingerprint density at radius 2 is 1.89 bits per heavy atom. The summed E-state index contributed by atoms with van der Waals surface area (Å²) in [6.45, 7) is 2.57. The first-order valence-corrected chi connectivity index (χ1v) is 6.06. The molecule has 100 valence electrons. The summed E-state index contributed by atoms with van der Waals surface area (Å²) in [6, 6.07) is 5.98. The van der Waals surface area contributed by atoms with Gasteiger partial charge in [0.25, 0.3) is 0 Å². The molecule has 1 aromatic carbocycles. The lowest BCUT2D eigenvalue weighted by atomic mass is 10.2. The van der Waals surface area contributed by atoms with Crippen molar-refractivity contribution in [2.45, 2.75) is 13.3 Å². The Morgan fingerprint density at radius 3 is 2.53 bits per heavy atom. The van der Waals surface area contributed by atoms with E-state index in [1.807, 2.05) is 25.1 Å². The van der Waals surface area contributed by atoms with Crippen LogP contribution in [0.1, 0.15) is 11.1 Å². The van der Waals surface area contributed by atoms with Crippen molar-refractivity contribution in [3.63, 3.8) is 0 Å². The van der Waals surface area contributed by atoms with E-state index in [0.29, 0.717) is 24.1 Å². The lowest BCUT2D eigenvalue weighted by Gasteiger charge is -2.09. The monoisotopic (exact) mass is 259 g/mol. The Morgan fingerprint density at radius 1 is 1.16 bits per heavy atom. The number of hydrogen-bond donors (Lipinski definition) is 1. The predicted molar refractivity (Wildman–Crippen MR) is 72.6 cm³/mol. The average Bonchev–Trinajstić information content (AvgIpc) is 2.43. The van der Waals surface area contributed by atoms with E-state index < -0.39 is 0 Å². The van der Waals surface area contributed by atoms with Gasteiger partial charge in [0.15, 0.2) is 11.5 Å². The van der Waals surface area contributed by atoms with Crippen molar-refractivity contribution < 1.29 is 9.47 Å². The van der Waals surface area contributed by atoms with Gasteiger partial charge >= 0.3 is 6.01 Å². The second-order valence-corrected chi connectivity index (χ2v) is 4.17. The Bertz CT molecular complexity index is 541. The fourth-order valence-electron chi connectivity index (χ4n) is 1.65. The Hall–Kier alpha value is -2.14. The van der Waals surface area contributed by atoms with Gasteiger partial charge in [0.1, 0.15) is 0 Å². The molecular formula is C14H17N3O2. The molecule has 0 saturated carbocycles. The van der Waals surface area contributed by atoms with E-state index >= 15 is 0 Å². The largest absolute Gasteiger partial charge is 0.493 e. The van der Waals surface area contributed by atoms with Crippen LogP contribution in [0.2, 0.25) is 0 Å². The highest BCUT2D eigenvalue weighted by Crippen LogP contribution is 2.30. The summed E-state index contributed by atoms with van der Waals surface area (Å²) < 4.78 is 10.9. The fraction of sp³-hybridized carbons (Fsp3) is 0.286. The van der Waals surface area contributed by atoms with Gasteiger partial charge in [-0.1, -0.05) is 6.07 Å². The Kier molecular flexibility index (Phi) is 4.30. The van der Waals surface area contributed by atoms with Crippen LogP contribution in [0, 0.1) is 6.92 Å². The highest BCUT2D eigenvalue weighted by Gasteiger charge is 2.07. The van der Waals surface area contributed by atoms with Crippen LogP contribution >= 0.6 is 0 Å². The molecule has 0 saturated heterocycles. The second-order valence-electron chi connectivity index (χ2n) is 4.17. The van der Waals surface area contributed by atoms with Crippen molar-refractivity contribution in [2.75, 3.05) is 13.7 Å². The summed E-state index contributed by atoms with van der Waals surface area (Å²) in [6.07, 6.45) is 4.19. The minimum absolute atomic E-state index is 0.294. The summed E-state index contributed by atoms with van der Waals surface area (Å²) in [7, 11) is 1.60. The molecule has 0 aliphatic carbocycles. The maximum Gasteiger partial charge on any atom is 0.322 e. The molecule has 0 radical (unpaired) electrons. The molecule has 5 nitrogen and oxygen atoms in total. The molecule has 2 rings (SSSR count). The van der Waals surface area contributed by atoms with Crippen LogP contribution in [0.4, 0.5) is 0 Å². The van der Waals surface area contributed by atoms with Crippen molar-refractivity contribution in [2.24, 2.45) is 5.73 Å². The van der Waals surface area contributed by atoms with Gasteiger partial charge in [0, 0.05) is 12.4 Å². The van der Waals surface area contributed by atoms with Crippen molar-refractivity contribution in [3.8, 4) is 17.5 Å². The summed E-state index contributed by atoms with van der Waals surface area (Å²) in [5.74, 6) is 1.26. The molecule has 0 fully saturated rings. The summed E-state index contributed by atoms with van der Waals surface area (Å²) in [5.41, 5.74) is 7.56. The topological polar surface area (TPSA) is 70.3 Å². The van der Waals surface area contributed by atoms with Crippen LogP contribution in [-0.4, -0.2) is 23.6 Å². The van der Waals surface area contributed by atoms with Gasteiger partial charge in [-0.15, -0.1) is 0 Å². The van der Waals surface area contributed by atoms with Gasteiger partial charge < -0.3 is 15.2 Å². The molecule has 0 bridgehead atoms. The number of aromatic nitrogens is 2. The minimum atomic E-state index is 0.294. The third kappa shape index (κ3) is 3.42. The molecule has 2 aromatic rings. The van der Waals surface area contributed by atoms with Crippen LogP contribution in [0.25, 0.3) is 0 Å². The van der Waals surface area contributed by atoms with E-state index in [4.69, 9.17) is 15.2 Å². The van der Waals surface area contributed by atoms with Crippen molar-refractivity contribution in [3.05, 3.63) is 41.7 Å². The number of rotatable bonds is 5. The molecule has 5 heteroatoms. The molecule has 0 amide bonds. The van der Waals surface area contributed by atoms with Crippen molar-refractivity contribution in [1.82, 2.24) is 9.97 Å². The molecule has 19 heavy (non-hydrogen) atoms. The normalized spacial score (nSPS) is 10.3. The van der Waals surface area contributed by atoms with Crippen LogP contribution in [0.3, 0.4) is 0 Å². The predicted octanol–water partition coefficient (Wildman–Crippen LogP) is 2.09. The smallest absolute Gasteiger partial charge is 0.322 e. The number of aryl methyl sites for hydroxylation is 1. The van der Waals surface area contributed by atoms with Gasteiger partial charge in [0.2, 0.25) is 0 Å². The molecular weight excluding hydrogens is 242 g/mol. The quantitative estimate of drug-likeness (QED) is 0.890. The zero-order valence-electron chi connectivity index (χ0n) is 11.1. The maximum absolute atomic E-state index is 5.61. The molecule has 1 aromatic heterocycles. The lowest BCUT2D eigenvalue weighted by Crippen LogP contribution is -2.04. The molecule has 0 aliphatic heterocycles. The van der Waals surface area contributed by atoms with Crippen LogP contribution in [0.15, 0.2) is 30.6 Å². The molecule has 0 aliphatic rings. The Balaban J connectivity index is 2.16. The number of methoxy groups -OCH3 is 1. The summed E-state index contributed by atoms with van der Waals surface area (Å²) >= 11 is 0. The van der Waals surface area contributed by atoms with Crippen LogP contribution < -0.4 is 15.2 Å². The van der Waals surface area contributed by atoms with E-state index in [1.54, 1.807) is 19.5 Å². The summed E-state index contributed by atoms with van der Waals surface area (Å²) in [4.78, 5) is 8.29. The van der Waals surface area contributed by atoms with Gasteiger partial charge in [-0.05, 0) is 43.1 Å². The van der Waals surface area contributed by atoms with Crippen LogP contribution in [0.5, 0.6) is 17.5 Å². The average molecular weight is 259 g/mol. The number of nitrogens with two attached hydrogens (primary N) is 1. The standard InChI is InChI=1S/C14H17N3O2/c1-10-3-4-12(13(7-10)18-2)19-14-16-8-11(5-6-15)9-17-14/h3-4,7-9H,5-6,15H2,1-2H3. The SMILES string of the molecule is COc1cc(C)ccc1Oc1ncc(CCN)cn1. The molecule has 2 N–H and O–H groups in total. The first kappa shape index (κ1) is 13.3. The zero-order valence-corrected chi connectivity index (χ0v) is 11.1. The van der Waals surface area contributed by atoms with Crippen LogP contribution in [-0.2, 0) is 6.42 Å². The van der Waals surface area contributed by atoms with Crippen molar-refractivity contribution >= 4 is 0 Å². The zero-order chi connectivity index (χ0) is 13.7. The summed E-state index contributed by atoms with van der Waals surface area (Å²) in [5, 5.41) is 0. The number of ether oxygens (including phenoxy) is 2. The number of hydrogen-bond acceptors (Lipinski definition) is 5. The fourth-order valence-corrected chi connectivity index (χ4v) is 1.65. The van der Waals surface area contributed by atoms with Gasteiger partial charge in [-0.3, -0.25) is 0 Å². The lowest BCUT2D eigenvalue weighted by molar-refractivity contribution is 0.367. The minimum Gasteiger partial charge on any atom is -0.493 e. The van der Waals surface area contributed by atoms with Gasteiger partial charge in [-0.2, -0.15) is 0 Å². The van der Waals surface area contributed by atoms with Crippen molar-refractivity contribution in [1.29, 1.82) is 0 Å². The third-order valence-electron chi connectivity index (χ3n) is 2.64. The molecule has 1 heterocycles. The highest BCUT2D eigenvalue weighted by atomic mass is 16.5. The number of nitrogens with zero attached hydrogens (tertiary/aromatic N) is 2. The first-order chi connectivity index (χ1) is 9.22. The van der Waals surface area contributed by atoms with E-state index in [2.05, 4.69) is 9.97 Å². The van der Waals surface area contributed by atoms with E-state index in [-0.39, 0.29) is 0 Å². The van der Waals surface area contributed by atoms with Gasteiger partial charge in [-0.25, -0.2) is 9.97 Å². The van der Waals surface area contributed by atoms with E-state index in [9.17, 15) is 0 Å². The van der Waals surface area contributed by atoms with E-state index in [0.717, 1.165) is 17.5 Å². The molecule has 0 spiro atoms. The molecule has 0 unspecified atom stereocenters. The molecule has 0 atom stereocenters. The second kappa shape index (κ2) is 6.15. The Labute approximate surface area is 112 Å². The van der Waals surface area contributed by atoms with Gasteiger partial charge in [0.05, 0.1) is 7.11 Å². The maximum atomic E-state index is 5.61. The highest BCUT2D eigenvalue weighted by molar-refractivity contribution is 5.43. The first-order valence-electron chi connectivity index (χ1n) is 6.06.